The smallest absolute Gasteiger partial charge is 0.251 e. The van der Waals surface area contributed by atoms with E-state index in [1.54, 1.807) is 7.11 Å². The van der Waals surface area contributed by atoms with Crippen molar-refractivity contribution in [3.63, 3.8) is 0 Å². The van der Waals surface area contributed by atoms with Gasteiger partial charge in [0.2, 0.25) is 0 Å². The van der Waals surface area contributed by atoms with Gasteiger partial charge < -0.3 is 10.1 Å². The van der Waals surface area contributed by atoms with E-state index in [0.29, 0.717) is 17.1 Å². The van der Waals surface area contributed by atoms with Crippen LogP contribution in [0.1, 0.15) is 21.5 Å². The van der Waals surface area contributed by atoms with Crippen molar-refractivity contribution in [3.05, 3.63) is 94.6 Å². The van der Waals surface area contributed by atoms with E-state index in [4.69, 9.17) is 16.3 Å². The van der Waals surface area contributed by atoms with Crippen LogP contribution in [-0.4, -0.2) is 22.8 Å². The topological polar surface area (TPSA) is 56.1 Å². The molecule has 4 aromatic rings. The number of ether oxygens (including phenoxy) is 1. The Morgan fingerprint density at radius 1 is 1.07 bits per heavy atom. The summed E-state index contributed by atoms with van der Waals surface area (Å²) in [4.78, 5) is 12.5. The van der Waals surface area contributed by atoms with E-state index in [2.05, 4.69) is 22.5 Å². The zero-order chi connectivity index (χ0) is 20.9. The summed E-state index contributed by atoms with van der Waals surface area (Å²) in [5.41, 5.74) is 3.57. The fraction of sp³-hybridized carbons (Fsp3) is 0.167. The van der Waals surface area contributed by atoms with Gasteiger partial charge in [0.15, 0.2) is 0 Å². The molecule has 5 nitrogen and oxygen atoms in total. The summed E-state index contributed by atoms with van der Waals surface area (Å²) in [7, 11) is 1.66. The number of halogens is 1. The number of aryl methyl sites for hydroxylation is 2. The number of hydrogen-bond donors (Lipinski definition) is 1. The highest BCUT2D eigenvalue weighted by atomic mass is 35.5. The van der Waals surface area contributed by atoms with Gasteiger partial charge in [-0.05, 0) is 53.9 Å². The molecule has 152 valence electrons. The number of fused-ring (bicyclic) bond motifs is 1. The van der Waals surface area contributed by atoms with Crippen LogP contribution in [0.15, 0.2) is 72.9 Å². The first kappa shape index (κ1) is 20.0. The zero-order valence-electron chi connectivity index (χ0n) is 16.6. The minimum atomic E-state index is -0.135. The maximum Gasteiger partial charge on any atom is 0.251 e. The zero-order valence-corrected chi connectivity index (χ0v) is 17.4. The molecular weight excluding hydrogens is 398 g/mol. The molecule has 6 heteroatoms. The third-order valence-electron chi connectivity index (χ3n) is 4.95. The molecule has 1 N–H and O–H groups in total. The number of nitrogens with one attached hydrogen (secondary N) is 1. The van der Waals surface area contributed by atoms with Gasteiger partial charge in [0.05, 0.1) is 12.6 Å². The molecule has 0 fully saturated rings. The van der Waals surface area contributed by atoms with Crippen LogP contribution in [0, 0.1) is 0 Å². The largest absolute Gasteiger partial charge is 0.497 e. The van der Waals surface area contributed by atoms with Crippen molar-refractivity contribution in [2.75, 3.05) is 7.11 Å². The van der Waals surface area contributed by atoms with E-state index >= 15 is 0 Å². The molecule has 3 aromatic carbocycles. The van der Waals surface area contributed by atoms with Crippen molar-refractivity contribution in [1.29, 1.82) is 0 Å². The summed E-state index contributed by atoms with van der Waals surface area (Å²) in [6.45, 7) is 1.19. The quantitative estimate of drug-likeness (QED) is 0.465. The summed E-state index contributed by atoms with van der Waals surface area (Å²) in [5, 5.41) is 9.22. The highest BCUT2D eigenvalue weighted by Crippen LogP contribution is 2.17. The maximum atomic E-state index is 12.5. The summed E-state index contributed by atoms with van der Waals surface area (Å²) in [6, 6.07) is 21.1. The third kappa shape index (κ3) is 4.81. The van der Waals surface area contributed by atoms with Gasteiger partial charge >= 0.3 is 0 Å². The van der Waals surface area contributed by atoms with Gasteiger partial charge in [0.25, 0.3) is 5.91 Å². The van der Waals surface area contributed by atoms with Crippen LogP contribution in [0.5, 0.6) is 5.75 Å². The minimum Gasteiger partial charge on any atom is -0.497 e. The van der Waals surface area contributed by atoms with E-state index in [-0.39, 0.29) is 5.91 Å². The number of rotatable bonds is 7. The van der Waals surface area contributed by atoms with Gasteiger partial charge in [-0.1, -0.05) is 41.9 Å². The van der Waals surface area contributed by atoms with E-state index < -0.39 is 0 Å². The van der Waals surface area contributed by atoms with Crippen molar-refractivity contribution < 1.29 is 9.53 Å². The number of amides is 1. The van der Waals surface area contributed by atoms with Gasteiger partial charge in [-0.3, -0.25) is 9.48 Å². The molecule has 0 spiro atoms. The molecule has 0 bridgehead atoms. The molecule has 0 saturated carbocycles. The van der Waals surface area contributed by atoms with E-state index in [1.807, 2.05) is 65.5 Å². The molecule has 0 aliphatic heterocycles. The Hall–Kier alpha value is -3.31. The third-order valence-corrected chi connectivity index (χ3v) is 5.18. The molecule has 1 aromatic heterocycles. The molecule has 1 heterocycles. The number of methoxy groups -OCH3 is 1. The van der Waals surface area contributed by atoms with Gasteiger partial charge in [0.1, 0.15) is 5.75 Å². The average molecular weight is 420 g/mol. The molecular formula is C24H22ClN3O2. The van der Waals surface area contributed by atoms with Crippen molar-refractivity contribution in [2.24, 2.45) is 0 Å². The van der Waals surface area contributed by atoms with Crippen LogP contribution in [0.3, 0.4) is 0 Å². The summed E-state index contributed by atoms with van der Waals surface area (Å²) >= 11 is 5.99. The van der Waals surface area contributed by atoms with Gasteiger partial charge in [-0.15, -0.1) is 0 Å². The molecule has 30 heavy (non-hydrogen) atoms. The average Bonchev–Trinajstić information content (AvgIpc) is 3.18. The monoisotopic (exact) mass is 419 g/mol. The first-order valence-corrected chi connectivity index (χ1v) is 10.1. The highest BCUT2D eigenvalue weighted by molar-refractivity contribution is 6.30. The normalized spacial score (nSPS) is 10.9. The summed E-state index contributed by atoms with van der Waals surface area (Å²) < 4.78 is 7.11. The molecule has 0 aliphatic carbocycles. The van der Waals surface area contributed by atoms with Crippen LogP contribution in [0.4, 0.5) is 0 Å². The Balaban J connectivity index is 1.40. The number of nitrogens with zero attached hydrogens (tertiary/aromatic N) is 2. The van der Waals surface area contributed by atoms with Crippen molar-refractivity contribution in [2.45, 2.75) is 19.5 Å². The molecule has 1 amide bonds. The Morgan fingerprint density at radius 2 is 1.90 bits per heavy atom. The second-order valence-corrected chi connectivity index (χ2v) is 7.51. The maximum absolute atomic E-state index is 12.5. The Morgan fingerprint density at radius 3 is 2.67 bits per heavy atom. The second-order valence-electron chi connectivity index (χ2n) is 7.08. The van der Waals surface area contributed by atoms with Crippen LogP contribution >= 0.6 is 11.6 Å². The number of carbonyl (C=O) groups is 1. The first-order valence-electron chi connectivity index (χ1n) is 9.73. The number of benzene rings is 3. The number of aromatic nitrogens is 2. The second kappa shape index (κ2) is 9.01. The van der Waals surface area contributed by atoms with Gasteiger partial charge in [-0.2, -0.15) is 5.10 Å². The standard InChI is InChI=1S/C24H22ClN3O2/c1-30-22-9-5-17(6-10-22)11-12-28-16-20-8-7-19(14-23(20)27-28)24(29)26-15-18-3-2-4-21(25)13-18/h2-10,13-14,16H,11-12,15H2,1H3,(H,26,29). The molecule has 0 unspecified atom stereocenters. The molecule has 0 saturated heterocycles. The van der Waals surface area contributed by atoms with Crippen molar-refractivity contribution in [3.8, 4) is 5.75 Å². The van der Waals surface area contributed by atoms with Crippen LogP contribution in [0.25, 0.3) is 10.9 Å². The number of carbonyl (C=O) groups excluding carboxylic acids is 1. The molecule has 4 rings (SSSR count). The lowest BCUT2D eigenvalue weighted by molar-refractivity contribution is 0.0951. The highest BCUT2D eigenvalue weighted by Gasteiger charge is 2.09. The Kier molecular flexibility index (Phi) is 6.00. The van der Waals surface area contributed by atoms with Crippen LogP contribution in [-0.2, 0) is 19.5 Å². The van der Waals surface area contributed by atoms with Crippen LogP contribution in [0.2, 0.25) is 5.02 Å². The van der Waals surface area contributed by atoms with Crippen LogP contribution < -0.4 is 10.1 Å². The van der Waals surface area contributed by atoms with E-state index in [1.165, 1.54) is 5.56 Å². The first-order chi connectivity index (χ1) is 14.6. The number of hydrogen-bond acceptors (Lipinski definition) is 3. The lowest BCUT2D eigenvalue weighted by Gasteiger charge is -2.06. The Bertz CT molecular complexity index is 1170. The lowest BCUT2D eigenvalue weighted by atomic mass is 10.1. The Labute approximate surface area is 180 Å². The fourth-order valence-corrected chi connectivity index (χ4v) is 3.50. The molecule has 0 radical (unpaired) electrons. The minimum absolute atomic E-state index is 0.135. The van der Waals surface area contributed by atoms with E-state index in [9.17, 15) is 4.79 Å². The summed E-state index contributed by atoms with van der Waals surface area (Å²) in [6.07, 6.45) is 2.87. The van der Waals surface area contributed by atoms with Crippen molar-refractivity contribution >= 4 is 28.4 Å². The summed E-state index contributed by atoms with van der Waals surface area (Å²) in [5.74, 6) is 0.717. The van der Waals surface area contributed by atoms with Crippen molar-refractivity contribution in [1.82, 2.24) is 15.1 Å². The van der Waals surface area contributed by atoms with Gasteiger partial charge in [-0.25, -0.2) is 0 Å². The SMILES string of the molecule is COc1ccc(CCn2cc3ccc(C(=O)NCc4cccc(Cl)c4)cc3n2)cc1. The predicted molar refractivity (Wildman–Crippen MR) is 119 cm³/mol. The van der Waals surface area contributed by atoms with E-state index in [0.717, 1.165) is 35.2 Å². The fourth-order valence-electron chi connectivity index (χ4n) is 3.29. The molecule has 0 atom stereocenters. The predicted octanol–water partition coefficient (Wildman–Crippen LogP) is 4.87. The molecule has 0 aliphatic rings. The lowest BCUT2D eigenvalue weighted by Crippen LogP contribution is -2.22. The van der Waals surface area contributed by atoms with Gasteiger partial charge in [0, 0.05) is 35.3 Å².